The Morgan fingerprint density at radius 1 is 1.46 bits per heavy atom. The second kappa shape index (κ2) is 9.75. The molecule has 13 heavy (non-hydrogen) atoms. The molecule has 0 aliphatic heterocycles. The van der Waals surface area contributed by atoms with E-state index in [-0.39, 0.29) is 0 Å². The summed E-state index contributed by atoms with van der Waals surface area (Å²) in [4.78, 5) is 0. The van der Waals surface area contributed by atoms with Gasteiger partial charge in [0, 0.05) is 0 Å². The molecule has 1 unspecified atom stereocenters. The zero-order valence-electron chi connectivity index (χ0n) is 9.01. The summed E-state index contributed by atoms with van der Waals surface area (Å²) in [6.07, 6.45) is 5.69. The van der Waals surface area contributed by atoms with Gasteiger partial charge in [0.1, 0.15) is 0 Å². The van der Waals surface area contributed by atoms with Crippen LogP contribution in [0.5, 0.6) is 0 Å². The van der Waals surface area contributed by atoms with Crippen molar-refractivity contribution in [3.8, 4) is 0 Å². The Kier molecular flexibility index (Phi) is 9.49. The molecule has 1 atom stereocenters. The number of ether oxygens (including phenoxy) is 1. The standard InChI is InChI=1S/C11H23NO/c1-4-8-12-9-6-7-11(3)13-10-5-2/h5,11-12H,2,4,6-10H2,1,3H3. The summed E-state index contributed by atoms with van der Waals surface area (Å²) in [5.74, 6) is 0. The Hall–Kier alpha value is -0.340. The molecule has 0 aliphatic rings. The van der Waals surface area contributed by atoms with Gasteiger partial charge in [-0.05, 0) is 39.3 Å². The molecule has 78 valence electrons. The third-order valence-electron chi connectivity index (χ3n) is 1.89. The molecule has 2 nitrogen and oxygen atoms in total. The predicted octanol–water partition coefficient (Wildman–Crippen LogP) is 2.36. The van der Waals surface area contributed by atoms with E-state index in [1.165, 1.54) is 12.8 Å². The molecule has 1 N–H and O–H groups in total. The van der Waals surface area contributed by atoms with Crippen molar-refractivity contribution in [2.45, 2.75) is 39.2 Å². The quantitative estimate of drug-likeness (QED) is 0.440. The van der Waals surface area contributed by atoms with Crippen molar-refractivity contribution in [3.63, 3.8) is 0 Å². The number of rotatable bonds is 9. The summed E-state index contributed by atoms with van der Waals surface area (Å²) in [6, 6.07) is 0. The van der Waals surface area contributed by atoms with Crippen molar-refractivity contribution in [1.82, 2.24) is 5.32 Å². The highest BCUT2D eigenvalue weighted by molar-refractivity contribution is 4.65. The minimum atomic E-state index is 0.362. The van der Waals surface area contributed by atoms with E-state index in [0.29, 0.717) is 12.7 Å². The van der Waals surface area contributed by atoms with E-state index in [0.717, 1.165) is 19.5 Å². The lowest BCUT2D eigenvalue weighted by Crippen LogP contribution is -2.18. The van der Waals surface area contributed by atoms with Crippen molar-refractivity contribution >= 4 is 0 Å². The van der Waals surface area contributed by atoms with E-state index in [4.69, 9.17) is 4.74 Å². The maximum atomic E-state index is 5.45. The first-order valence-electron chi connectivity index (χ1n) is 5.24. The van der Waals surface area contributed by atoms with Crippen LogP contribution < -0.4 is 5.32 Å². The lowest BCUT2D eigenvalue weighted by atomic mass is 10.2. The Balaban J connectivity index is 3.07. The van der Waals surface area contributed by atoms with Gasteiger partial charge in [-0.25, -0.2) is 0 Å². The van der Waals surface area contributed by atoms with Crippen LogP contribution >= 0.6 is 0 Å². The van der Waals surface area contributed by atoms with E-state index in [1.807, 2.05) is 0 Å². The van der Waals surface area contributed by atoms with E-state index in [9.17, 15) is 0 Å². The number of hydrogen-bond acceptors (Lipinski definition) is 2. The summed E-state index contributed by atoms with van der Waals surface area (Å²) in [6.45, 7) is 10.8. The second-order valence-electron chi connectivity index (χ2n) is 3.32. The fraction of sp³-hybridized carbons (Fsp3) is 0.818. The maximum Gasteiger partial charge on any atom is 0.0648 e. The number of hydrogen-bond donors (Lipinski definition) is 1. The van der Waals surface area contributed by atoms with Crippen molar-refractivity contribution in [1.29, 1.82) is 0 Å². The van der Waals surface area contributed by atoms with Gasteiger partial charge >= 0.3 is 0 Å². The fourth-order valence-electron chi connectivity index (χ4n) is 1.13. The molecule has 0 bridgehead atoms. The Morgan fingerprint density at radius 2 is 2.23 bits per heavy atom. The third-order valence-corrected chi connectivity index (χ3v) is 1.89. The molecule has 0 aromatic rings. The summed E-state index contributed by atoms with van der Waals surface area (Å²) in [5, 5.41) is 3.37. The van der Waals surface area contributed by atoms with Gasteiger partial charge in [-0.2, -0.15) is 0 Å². The highest BCUT2D eigenvalue weighted by Crippen LogP contribution is 2.00. The van der Waals surface area contributed by atoms with Gasteiger partial charge in [0.15, 0.2) is 0 Å². The first kappa shape index (κ1) is 12.7. The molecule has 0 saturated heterocycles. The Labute approximate surface area is 82.4 Å². The van der Waals surface area contributed by atoms with Crippen LogP contribution in [-0.4, -0.2) is 25.8 Å². The van der Waals surface area contributed by atoms with Crippen LogP contribution in [0.25, 0.3) is 0 Å². The number of nitrogens with one attached hydrogen (secondary N) is 1. The van der Waals surface area contributed by atoms with Crippen LogP contribution in [0.15, 0.2) is 12.7 Å². The van der Waals surface area contributed by atoms with Crippen LogP contribution in [0.3, 0.4) is 0 Å². The average molecular weight is 185 g/mol. The van der Waals surface area contributed by atoms with Gasteiger partial charge in [-0.15, -0.1) is 6.58 Å². The van der Waals surface area contributed by atoms with E-state index in [2.05, 4.69) is 25.7 Å². The van der Waals surface area contributed by atoms with Gasteiger partial charge in [0.25, 0.3) is 0 Å². The van der Waals surface area contributed by atoms with Crippen molar-refractivity contribution in [2.24, 2.45) is 0 Å². The summed E-state index contributed by atoms with van der Waals surface area (Å²) >= 11 is 0. The highest BCUT2D eigenvalue weighted by atomic mass is 16.5. The van der Waals surface area contributed by atoms with Crippen LogP contribution in [0.4, 0.5) is 0 Å². The van der Waals surface area contributed by atoms with Gasteiger partial charge < -0.3 is 10.1 Å². The molecular weight excluding hydrogens is 162 g/mol. The Bertz CT molecular complexity index is 115. The maximum absolute atomic E-state index is 5.45. The van der Waals surface area contributed by atoms with E-state index < -0.39 is 0 Å². The molecule has 0 amide bonds. The topological polar surface area (TPSA) is 21.3 Å². The minimum absolute atomic E-state index is 0.362. The Morgan fingerprint density at radius 3 is 2.85 bits per heavy atom. The molecule has 0 spiro atoms. The van der Waals surface area contributed by atoms with Gasteiger partial charge in [0.05, 0.1) is 12.7 Å². The smallest absolute Gasteiger partial charge is 0.0648 e. The molecule has 0 saturated carbocycles. The summed E-state index contributed by atoms with van der Waals surface area (Å²) in [5.41, 5.74) is 0. The molecule has 0 heterocycles. The zero-order valence-corrected chi connectivity index (χ0v) is 9.01. The average Bonchev–Trinajstić information content (AvgIpc) is 2.14. The van der Waals surface area contributed by atoms with E-state index >= 15 is 0 Å². The van der Waals surface area contributed by atoms with Gasteiger partial charge in [-0.1, -0.05) is 13.0 Å². The predicted molar refractivity (Wildman–Crippen MR) is 58.0 cm³/mol. The summed E-state index contributed by atoms with van der Waals surface area (Å²) < 4.78 is 5.45. The largest absolute Gasteiger partial charge is 0.374 e. The molecule has 2 heteroatoms. The van der Waals surface area contributed by atoms with Crippen LogP contribution in [0.1, 0.15) is 33.1 Å². The van der Waals surface area contributed by atoms with Crippen molar-refractivity contribution in [2.75, 3.05) is 19.7 Å². The summed E-state index contributed by atoms with van der Waals surface area (Å²) in [7, 11) is 0. The molecule has 0 fully saturated rings. The third kappa shape index (κ3) is 9.57. The first-order chi connectivity index (χ1) is 6.31. The SMILES string of the molecule is C=CCOC(C)CCCNCCC. The van der Waals surface area contributed by atoms with Crippen molar-refractivity contribution < 1.29 is 4.74 Å². The fourth-order valence-corrected chi connectivity index (χ4v) is 1.13. The minimum Gasteiger partial charge on any atom is -0.374 e. The molecule has 0 rings (SSSR count). The molecular formula is C11H23NO. The lowest BCUT2D eigenvalue weighted by molar-refractivity contribution is 0.0805. The molecule has 0 aliphatic carbocycles. The zero-order chi connectivity index (χ0) is 9.94. The monoisotopic (exact) mass is 185 g/mol. The lowest BCUT2D eigenvalue weighted by Gasteiger charge is -2.11. The normalized spacial score (nSPS) is 12.8. The van der Waals surface area contributed by atoms with E-state index in [1.54, 1.807) is 6.08 Å². The second-order valence-corrected chi connectivity index (χ2v) is 3.32. The molecule has 0 aromatic heterocycles. The van der Waals surface area contributed by atoms with Crippen molar-refractivity contribution in [3.05, 3.63) is 12.7 Å². The first-order valence-corrected chi connectivity index (χ1v) is 5.24. The van der Waals surface area contributed by atoms with Crippen LogP contribution in [0.2, 0.25) is 0 Å². The highest BCUT2D eigenvalue weighted by Gasteiger charge is 1.99. The van der Waals surface area contributed by atoms with Crippen LogP contribution in [-0.2, 0) is 4.74 Å². The van der Waals surface area contributed by atoms with Gasteiger partial charge in [-0.3, -0.25) is 0 Å². The van der Waals surface area contributed by atoms with Gasteiger partial charge in [0.2, 0.25) is 0 Å². The molecule has 0 aromatic carbocycles. The molecule has 0 radical (unpaired) electrons. The van der Waals surface area contributed by atoms with Crippen LogP contribution in [0, 0.1) is 0 Å².